The van der Waals surface area contributed by atoms with Crippen LogP contribution in [0, 0.1) is 10.1 Å². The minimum absolute atomic E-state index is 0.0764. The zero-order chi connectivity index (χ0) is 20.5. The normalized spacial score (nSPS) is 18.2. The van der Waals surface area contributed by atoms with Crippen LogP contribution in [0.5, 0.6) is 5.75 Å². The third-order valence-electron chi connectivity index (χ3n) is 4.16. The van der Waals surface area contributed by atoms with Crippen LogP contribution in [0.1, 0.15) is 11.1 Å². The second kappa shape index (κ2) is 6.96. The first-order valence-corrected chi connectivity index (χ1v) is 7.88. The number of rotatable bonds is 5. The molecule has 0 radical (unpaired) electrons. The van der Waals surface area contributed by atoms with Crippen molar-refractivity contribution in [1.82, 2.24) is 5.43 Å². The first-order chi connectivity index (χ1) is 13.3. The Balaban J connectivity index is 2.20. The van der Waals surface area contributed by atoms with E-state index in [1.165, 1.54) is 31.4 Å². The number of methoxy groups -OCH3 is 1. The molecule has 0 saturated heterocycles. The van der Waals surface area contributed by atoms with Crippen molar-refractivity contribution in [2.75, 3.05) is 12.4 Å². The number of primary amides is 1. The van der Waals surface area contributed by atoms with Gasteiger partial charge < -0.3 is 20.9 Å². The summed E-state index contributed by atoms with van der Waals surface area (Å²) in [6.07, 6.45) is 0. The van der Waals surface area contributed by atoms with Gasteiger partial charge in [0.2, 0.25) is 5.60 Å². The van der Waals surface area contributed by atoms with Crippen LogP contribution in [-0.2, 0) is 10.4 Å². The molecule has 3 amide bonds. The highest BCUT2D eigenvalue weighted by Crippen LogP contribution is 2.40. The number of non-ortho nitro benzene ring substituents is 1. The number of amides is 3. The highest BCUT2D eigenvalue weighted by molar-refractivity contribution is 6.26. The third kappa shape index (κ3) is 3.10. The van der Waals surface area contributed by atoms with Crippen molar-refractivity contribution in [2.45, 2.75) is 5.60 Å². The molecule has 3 rings (SSSR count). The molecule has 11 heteroatoms. The average Bonchev–Trinajstić information content (AvgIpc) is 2.92. The predicted molar refractivity (Wildman–Crippen MR) is 97.9 cm³/mol. The largest absolute Gasteiger partial charge is 0.497 e. The highest BCUT2D eigenvalue weighted by Gasteiger charge is 2.51. The van der Waals surface area contributed by atoms with Gasteiger partial charge >= 0.3 is 6.03 Å². The van der Waals surface area contributed by atoms with Gasteiger partial charge in [-0.1, -0.05) is 0 Å². The van der Waals surface area contributed by atoms with Crippen LogP contribution in [0.15, 0.2) is 47.6 Å². The summed E-state index contributed by atoms with van der Waals surface area (Å²) in [7, 11) is 1.46. The maximum atomic E-state index is 12.6. The van der Waals surface area contributed by atoms with Crippen LogP contribution >= 0.6 is 0 Å². The molecule has 1 aliphatic heterocycles. The number of hydrogen-bond acceptors (Lipinski definition) is 7. The Morgan fingerprint density at radius 2 is 2.00 bits per heavy atom. The number of hydrogen-bond donors (Lipinski definition) is 4. The van der Waals surface area contributed by atoms with E-state index in [1.54, 1.807) is 12.1 Å². The number of nitrogens with zero attached hydrogens (tertiary/aromatic N) is 2. The van der Waals surface area contributed by atoms with E-state index in [4.69, 9.17) is 10.5 Å². The summed E-state index contributed by atoms with van der Waals surface area (Å²) < 4.78 is 5.07. The van der Waals surface area contributed by atoms with Crippen molar-refractivity contribution >= 4 is 29.0 Å². The molecule has 5 N–H and O–H groups in total. The lowest BCUT2D eigenvalue weighted by Crippen LogP contribution is -2.44. The zero-order valence-corrected chi connectivity index (χ0v) is 14.5. The highest BCUT2D eigenvalue weighted by atomic mass is 16.6. The SMILES string of the molecule is COc1ccc(/C(=N\NC(N)=O)[C@@]2(O)C(=O)Nc3ccc([N+](=O)[O-])cc32)cc1. The maximum absolute atomic E-state index is 12.6. The minimum Gasteiger partial charge on any atom is -0.497 e. The Kier molecular flexibility index (Phi) is 4.67. The van der Waals surface area contributed by atoms with Crippen LogP contribution in [0.25, 0.3) is 0 Å². The molecule has 2 aromatic carbocycles. The molecule has 1 aliphatic rings. The summed E-state index contributed by atoms with van der Waals surface area (Å²) in [5, 5.41) is 28.7. The molecule has 0 fully saturated rings. The molecule has 1 atom stereocenters. The summed E-state index contributed by atoms with van der Waals surface area (Å²) in [5.41, 5.74) is 4.39. The molecule has 11 nitrogen and oxygen atoms in total. The van der Waals surface area contributed by atoms with E-state index >= 15 is 0 Å². The molecule has 0 saturated carbocycles. The van der Waals surface area contributed by atoms with Crippen molar-refractivity contribution in [3.05, 3.63) is 63.7 Å². The molecule has 0 spiro atoms. The molecule has 0 aromatic heterocycles. The molecule has 0 bridgehead atoms. The molecule has 144 valence electrons. The van der Waals surface area contributed by atoms with E-state index in [1.807, 2.05) is 5.43 Å². The Morgan fingerprint density at radius 3 is 2.57 bits per heavy atom. The topological polar surface area (TPSA) is 169 Å². The molecule has 2 aromatic rings. The summed E-state index contributed by atoms with van der Waals surface area (Å²) in [6.45, 7) is 0. The van der Waals surface area contributed by atoms with E-state index in [0.29, 0.717) is 5.75 Å². The second-order valence-corrected chi connectivity index (χ2v) is 5.82. The van der Waals surface area contributed by atoms with Crippen molar-refractivity contribution in [3.8, 4) is 5.75 Å². The third-order valence-corrected chi connectivity index (χ3v) is 4.16. The van der Waals surface area contributed by atoms with E-state index in [0.717, 1.165) is 6.07 Å². The number of fused-ring (bicyclic) bond motifs is 1. The monoisotopic (exact) mass is 385 g/mol. The number of carbonyl (C=O) groups is 2. The second-order valence-electron chi connectivity index (χ2n) is 5.82. The van der Waals surface area contributed by atoms with Crippen molar-refractivity contribution in [1.29, 1.82) is 0 Å². The summed E-state index contributed by atoms with van der Waals surface area (Å²) in [5.74, 6) is -0.381. The van der Waals surface area contributed by atoms with Gasteiger partial charge in [0.05, 0.1) is 12.0 Å². The van der Waals surface area contributed by atoms with Gasteiger partial charge in [-0.05, 0) is 30.3 Å². The number of benzene rings is 2. The Hall–Kier alpha value is -3.99. The van der Waals surface area contributed by atoms with Gasteiger partial charge in [-0.2, -0.15) is 5.10 Å². The molecule has 28 heavy (non-hydrogen) atoms. The van der Waals surface area contributed by atoms with Gasteiger partial charge in [-0.15, -0.1) is 0 Å². The molecular formula is C17H15N5O6. The lowest BCUT2D eigenvalue weighted by atomic mass is 9.86. The summed E-state index contributed by atoms with van der Waals surface area (Å²) in [4.78, 5) is 34.2. The fraction of sp³-hybridized carbons (Fsp3) is 0.118. The first kappa shape index (κ1) is 18.8. The lowest BCUT2D eigenvalue weighted by molar-refractivity contribution is -0.385. The minimum atomic E-state index is -2.40. The molecule has 0 unspecified atom stereocenters. The molecule has 0 aliphatic carbocycles. The fourth-order valence-corrected chi connectivity index (χ4v) is 2.84. The number of nitro groups is 1. The van der Waals surface area contributed by atoms with Crippen LogP contribution in [-0.4, -0.2) is 34.8 Å². The number of urea groups is 1. The molecular weight excluding hydrogens is 370 g/mol. The summed E-state index contributed by atoms with van der Waals surface area (Å²) in [6, 6.07) is 8.65. The number of nitrogens with one attached hydrogen (secondary N) is 2. The number of ether oxygens (including phenoxy) is 1. The van der Waals surface area contributed by atoms with Gasteiger partial charge in [0, 0.05) is 28.9 Å². The average molecular weight is 385 g/mol. The zero-order valence-electron chi connectivity index (χ0n) is 14.5. The van der Waals surface area contributed by atoms with Crippen molar-refractivity contribution in [2.24, 2.45) is 10.8 Å². The smallest absolute Gasteiger partial charge is 0.332 e. The van der Waals surface area contributed by atoms with E-state index < -0.39 is 22.5 Å². The number of nitro benzene ring substituents is 1. The number of hydrazone groups is 1. The number of anilines is 1. The van der Waals surface area contributed by atoms with Gasteiger partial charge in [0.25, 0.3) is 11.6 Å². The summed E-state index contributed by atoms with van der Waals surface area (Å²) >= 11 is 0. The fourth-order valence-electron chi connectivity index (χ4n) is 2.84. The number of nitrogens with two attached hydrogens (primary N) is 1. The number of aliphatic hydroxyl groups is 1. The van der Waals surface area contributed by atoms with Crippen LogP contribution < -0.4 is 21.2 Å². The van der Waals surface area contributed by atoms with Crippen molar-refractivity contribution in [3.63, 3.8) is 0 Å². The van der Waals surface area contributed by atoms with Gasteiger partial charge in [0.15, 0.2) is 0 Å². The van der Waals surface area contributed by atoms with E-state index in [-0.39, 0.29) is 28.2 Å². The Labute approximate surface area is 157 Å². The van der Waals surface area contributed by atoms with Gasteiger partial charge in [0.1, 0.15) is 11.5 Å². The Bertz CT molecular complexity index is 1000. The van der Waals surface area contributed by atoms with Gasteiger partial charge in [-0.25, -0.2) is 10.2 Å². The quantitative estimate of drug-likeness (QED) is 0.337. The van der Waals surface area contributed by atoms with Gasteiger partial charge in [-0.3, -0.25) is 14.9 Å². The van der Waals surface area contributed by atoms with Crippen LogP contribution in [0.2, 0.25) is 0 Å². The first-order valence-electron chi connectivity index (χ1n) is 7.88. The van der Waals surface area contributed by atoms with E-state index in [2.05, 4.69) is 10.4 Å². The number of carbonyl (C=O) groups excluding carboxylic acids is 2. The molecule has 1 heterocycles. The van der Waals surface area contributed by atoms with Crippen molar-refractivity contribution < 1.29 is 24.4 Å². The predicted octanol–water partition coefficient (Wildman–Crippen LogP) is 0.816. The van der Waals surface area contributed by atoms with E-state index in [9.17, 15) is 24.8 Å². The lowest BCUT2D eigenvalue weighted by Gasteiger charge is -2.23. The standard InChI is InChI=1S/C17H15N5O6/c1-28-11-5-2-9(3-6-11)14(20-21-16(18)24)17(25)12-8-10(22(26)27)4-7-13(12)19-15(17)23/h2-8,25H,1H3,(H,19,23)(H3,18,21,24)/b20-14+/t17-/m1/s1. The van der Waals surface area contributed by atoms with Crippen LogP contribution in [0.3, 0.4) is 0 Å². The maximum Gasteiger partial charge on any atom is 0.332 e. The van der Waals surface area contributed by atoms with Crippen LogP contribution in [0.4, 0.5) is 16.2 Å². The Morgan fingerprint density at radius 1 is 1.32 bits per heavy atom.